The highest BCUT2D eigenvalue weighted by Gasteiger charge is 2.44. The third kappa shape index (κ3) is 3.83. The number of benzene rings is 2. The van der Waals surface area contributed by atoms with Gasteiger partial charge in [0.15, 0.2) is 0 Å². The molecule has 2 amide bonds. The monoisotopic (exact) mass is 422 g/mol. The summed E-state index contributed by atoms with van der Waals surface area (Å²) in [4.78, 5) is 25.1. The van der Waals surface area contributed by atoms with E-state index in [2.05, 4.69) is 5.32 Å². The van der Waals surface area contributed by atoms with Crippen LogP contribution in [0, 0.1) is 6.92 Å². The quantitative estimate of drug-likeness (QED) is 0.799. The molecular formula is C19H19ClN2O5S. The Kier molecular flexibility index (Phi) is 5.62. The molecule has 7 nitrogen and oxygen atoms in total. The number of halogens is 1. The van der Waals surface area contributed by atoms with Crippen LogP contribution in [0.1, 0.15) is 18.4 Å². The first-order valence-corrected chi connectivity index (χ1v) is 10.3. The van der Waals surface area contributed by atoms with E-state index in [0.717, 1.165) is 5.56 Å². The molecule has 1 atom stereocenters. The molecule has 1 fully saturated rings. The summed E-state index contributed by atoms with van der Waals surface area (Å²) in [5.74, 6) is -0.865. The normalized spacial score (nSPS) is 16.9. The molecule has 0 aromatic heterocycles. The van der Waals surface area contributed by atoms with Gasteiger partial charge in [-0.1, -0.05) is 29.3 Å². The molecule has 0 bridgehead atoms. The van der Waals surface area contributed by atoms with Gasteiger partial charge < -0.3 is 10.1 Å². The predicted octanol–water partition coefficient (Wildman–Crippen LogP) is 2.98. The topological polar surface area (TPSA) is 92.8 Å². The van der Waals surface area contributed by atoms with Gasteiger partial charge >= 0.3 is 0 Å². The Bertz CT molecular complexity index is 1020. The number of aryl methyl sites for hydroxylation is 1. The van der Waals surface area contributed by atoms with E-state index in [0.29, 0.717) is 20.8 Å². The number of hydrogen-bond donors (Lipinski definition) is 1. The van der Waals surface area contributed by atoms with Gasteiger partial charge in [-0.05, 0) is 43.7 Å². The summed E-state index contributed by atoms with van der Waals surface area (Å²) < 4.78 is 31.8. The number of anilines is 1. The van der Waals surface area contributed by atoms with E-state index in [4.69, 9.17) is 16.3 Å². The third-order valence-electron chi connectivity index (χ3n) is 4.46. The largest absolute Gasteiger partial charge is 0.495 e. The van der Waals surface area contributed by atoms with Crippen LogP contribution in [0.4, 0.5) is 5.69 Å². The van der Waals surface area contributed by atoms with Gasteiger partial charge in [0, 0.05) is 11.4 Å². The van der Waals surface area contributed by atoms with E-state index in [-0.39, 0.29) is 17.7 Å². The number of carbonyl (C=O) groups excluding carboxylic acids is 2. The molecule has 3 rings (SSSR count). The molecule has 148 valence electrons. The molecule has 1 aliphatic heterocycles. The number of rotatable bonds is 5. The maximum Gasteiger partial charge on any atom is 0.267 e. The highest BCUT2D eigenvalue weighted by molar-refractivity contribution is 7.89. The second kappa shape index (κ2) is 7.81. The third-order valence-corrected chi connectivity index (χ3v) is 6.54. The Balaban J connectivity index is 1.91. The first kappa shape index (κ1) is 20.2. The van der Waals surface area contributed by atoms with E-state index in [1.807, 2.05) is 6.92 Å². The zero-order chi connectivity index (χ0) is 20.5. The van der Waals surface area contributed by atoms with E-state index in [9.17, 15) is 18.0 Å². The van der Waals surface area contributed by atoms with Crippen molar-refractivity contribution in [3.63, 3.8) is 0 Å². The first-order valence-electron chi connectivity index (χ1n) is 8.52. The van der Waals surface area contributed by atoms with Crippen LogP contribution < -0.4 is 10.1 Å². The zero-order valence-corrected chi connectivity index (χ0v) is 16.9. The molecule has 0 unspecified atom stereocenters. The smallest absolute Gasteiger partial charge is 0.267 e. The van der Waals surface area contributed by atoms with Gasteiger partial charge in [-0.15, -0.1) is 0 Å². The fraction of sp³-hybridized carbons (Fsp3) is 0.263. The number of hydrogen-bond acceptors (Lipinski definition) is 5. The van der Waals surface area contributed by atoms with E-state index in [1.165, 1.54) is 25.3 Å². The molecule has 0 aliphatic carbocycles. The number of nitrogens with one attached hydrogen (secondary N) is 1. The fourth-order valence-corrected chi connectivity index (χ4v) is 4.79. The number of methoxy groups -OCH3 is 1. The van der Waals surface area contributed by atoms with Gasteiger partial charge in [-0.2, -0.15) is 0 Å². The molecule has 1 aliphatic rings. The highest BCUT2D eigenvalue weighted by Crippen LogP contribution is 2.31. The molecule has 1 N–H and O–H groups in total. The second-order valence-electron chi connectivity index (χ2n) is 6.40. The average Bonchev–Trinajstić information content (AvgIpc) is 3.05. The maximum atomic E-state index is 13.0. The van der Waals surface area contributed by atoms with Crippen LogP contribution in [0.15, 0.2) is 47.4 Å². The van der Waals surface area contributed by atoms with Crippen molar-refractivity contribution < 1.29 is 22.7 Å². The van der Waals surface area contributed by atoms with Gasteiger partial charge in [0.25, 0.3) is 10.0 Å². The molecule has 9 heteroatoms. The summed E-state index contributed by atoms with van der Waals surface area (Å²) in [7, 11) is -2.71. The summed E-state index contributed by atoms with van der Waals surface area (Å²) in [5, 5.41) is 3.00. The lowest BCUT2D eigenvalue weighted by Gasteiger charge is -2.24. The fourth-order valence-electron chi connectivity index (χ4n) is 3.02. The number of nitrogens with zero attached hydrogens (tertiary/aromatic N) is 1. The van der Waals surface area contributed by atoms with Crippen molar-refractivity contribution in [2.24, 2.45) is 0 Å². The minimum Gasteiger partial charge on any atom is -0.495 e. The molecule has 28 heavy (non-hydrogen) atoms. The molecule has 1 heterocycles. The van der Waals surface area contributed by atoms with Crippen molar-refractivity contribution in [1.82, 2.24) is 4.31 Å². The molecule has 1 saturated heterocycles. The number of ether oxygens (including phenoxy) is 1. The Morgan fingerprint density at radius 3 is 2.54 bits per heavy atom. The Hall–Kier alpha value is -2.58. The van der Waals surface area contributed by atoms with Crippen LogP contribution >= 0.6 is 11.6 Å². The molecule has 2 aromatic carbocycles. The molecule has 2 aromatic rings. The highest BCUT2D eigenvalue weighted by atomic mass is 35.5. The van der Waals surface area contributed by atoms with E-state index in [1.54, 1.807) is 24.3 Å². The summed E-state index contributed by atoms with van der Waals surface area (Å²) in [6.45, 7) is 1.83. The standard InChI is InChI=1S/C19H19ClN2O5S/c1-12-3-6-14(7-4-12)28(25,26)22-16(8-10-18(22)23)19(24)21-15-11-13(20)5-9-17(15)27-2/h3-7,9,11,16H,8,10H2,1-2H3,(H,21,24)/t16-/m0/s1. The molecular weight excluding hydrogens is 404 g/mol. The maximum absolute atomic E-state index is 13.0. The van der Waals surface area contributed by atoms with Gasteiger partial charge in [-0.3, -0.25) is 9.59 Å². The lowest BCUT2D eigenvalue weighted by molar-refractivity contribution is -0.128. The van der Waals surface area contributed by atoms with Crippen LogP contribution in [-0.4, -0.2) is 37.7 Å². The van der Waals surface area contributed by atoms with Crippen molar-refractivity contribution in [3.05, 3.63) is 53.1 Å². The molecule has 0 spiro atoms. The van der Waals surface area contributed by atoms with Gasteiger partial charge in [0.05, 0.1) is 17.7 Å². The van der Waals surface area contributed by atoms with E-state index < -0.39 is 27.9 Å². The van der Waals surface area contributed by atoms with Crippen molar-refractivity contribution in [3.8, 4) is 5.75 Å². The summed E-state index contributed by atoms with van der Waals surface area (Å²) in [6, 6.07) is 9.65. The lowest BCUT2D eigenvalue weighted by atomic mass is 10.2. The van der Waals surface area contributed by atoms with Crippen molar-refractivity contribution in [2.75, 3.05) is 12.4 Å². The van der Waals surface area contributed by atoms with Crippen molar-refractivity contribution >= 4 is 39.1 Å². The minimum atomic E-state index is -4.15. The number of carbonyl (C=O) groups is 2. The van der Waals surface area contributed by atoms with Crippen LogP contribution in [0.5, 0.6) is 5.75 Å². The second-order valence-corrected chi connectivity index (χ2v) is 8.65. The Labute approximate surface area is 168 Å². The van der Waals surface area contributed by atoms with Crippen LogP contribution in [0.2, 0.25) is 5.02 Å². The van der Waals surface area contributed by atoms with Crippen molar-refractivity contribution in [2.45, 2.75) is 30.7 Å². The van der Waals surface area contributed by atoms with Gasteiger partial charge in [0.2, 0.25) is 11.8 Å². The molecule has 0 radical (unpaired) electrons. The zero-order valence-electron chi connectivity index (χ0n) is 15.3. The SMILES string of the molecule is COc1ccc(Cl)cc1NC(=O)[C@@H]1CCC(=O)N1S(=O)(=O)c1ccc(C)cc1. The summed E-state index contributed by atoms with van der Waals surface area (Å²) in [6.07, 6.45) is 0.0640. The lowest BCUT2D eigenvalue weighted by Crippen LogP contribution is -2.45. The Morgan fingerprint density at radius 2 is 1.89 bits per heavy atom. The number of sulfonamides is 1. The predicted molar refractivity (Wildman–Crippen MR) is 105 cm³/mol. The first-order chi connectivity index (χ1) is 13.2. The van der Waals surface area contributed by atoms with Gasteiger partial charge in [0.1, 0.15) is 11.8 Å². The van der Waals surface area contributed by atoms with Crippen LogP contribution in [0.25, 0.3) is 0 Å². The van der Waals surface area contributed by atoms with Crippen molar-refractivity contribution in [1.29, 1.82) is 0 Å². The van der Waals surface area contributed by atoms with E-state index >= 15 is 0 Å². The molecule has 0 saturated carbocycles. The summed E-state index contributed by atoms with van der Waals surface area (Å²) in [5.41, 5.74) is 1.18. The minimum absolute atomic E-state index is 0.0319. The Morgan fingerprint density at radius 1 is 1.21 bits per heavy atom. The average molecular weight is 423 g/mol. The van der Waals surface area contributed by atoms with Gasteiger partial charge in [-0.25, -0.2) is 12.7 Å². The summed E-state index contributed by atoms with van der Waals surface area (Å²) >= 11 is 5.97. The number of amides is 2. The van der Waals surface area contributed by atoms with Crippen LogP contribution in [-0.2, 0) is 19.6 Å². The van der Waals surface area contributed by atoms with Crippen LogP contribution in [0.3, 0.4) is 0 Å².